The van der Waals surface area contributed by atoms with E-state index in [1.165, 1.54) is 6.07 Å². The number of fused-ring (bicyclic) bond motifs is 1. The summed E-state index contributed by atoms with van der Waals surface area (Å²) in [5.74, 6) is 2.43. The number of rotatable bonds is 2. The Labute approximate surface area is 119 Å². The largest absolute Gasteiger partial charge is 0.394 e. The first-order chi connectivity index (χ1) is 10.0. The number of nitrogens with one attached hydrogen (secondary N) is 1. The zero-order chi connectivity index (χ0) is 15.1. The summed E-state index contributed by atoms with van der Waals surface area (Å²) in [6.07, 6.45) is 3.57. The van der Waals surface area contributed by atoms with Gasteiger partial charge in [-0.05, 0) is 6.07 Å². The number of aliphatic hydroxyl groups is 2. The average Bonchev–Trinajstić information content (AvgIpc) is 2.98. The van der Waals surface area contributed by atoms with Gasteiger partial charge in [-0.1, -0.05) is 5.92 Å². The van der Waals surface area contributed by atoms with Crippen molar-refractivity contribution in [2.24, 2.45) is 0 Å². The van der Waals surface area contributed by atoms with E-state index in [0.29, 0.717) is 16.7 Å². The molecular formula is C13H14N4O4. The van der Waals surface area contributed by atoms with Gasteiger partial charge in [0.2, 0.25) is 5.95 Å². The number of nitrogen functional groups attached to an aromatic ring is 1. The molecule has 0 spiro atoms. The van der Waals surface area contributed by atoms with Gasteiger partial charge >= 0.3 is 0 Å². The minimum absolute atomic E-state index is 0.0346. The lowest BCUT2D eigenvalue weighted by Gasteiger charge is -2.15. The molecule has 0 radical (unpaired) electrons. The summed E-state index contributed by atoms with van der Waals surface area (Å²) < 4.78 is 7.11. The molecule has 1 aliphatic rings. The highest BCUT2D eigenvalue weighted by molar-refractivity contribution is 5.78. The lowest BCUT2D eigenvalue weighted by Crippen LogP contribution is -2.24. The zero-order valence-electron chi connectivity index (χ0n) is 11.0. The number of ether oxygens (including phenoxy) is 1. The molecule has 1 aliphatic heterocycles. The van der Waals surface area contributed by atoms with Crippen LogP contribution in [0.2, 0.25) is 0 Å². The zero-order valence-corrected chi connectivity index (χ0v) is 11.0. The Morgan fingerprint density at radius 3 is 3.05 bits per heavy atom. The number of nitrogens with zero attached hydrogens (tertiary/aromatic N) is 2. The number of anilines is 1. The van der Waals surface area contributed by atoms with E-state index < -0.39 is 24.0 Å². The van der Waals surface area contributed by atoms with Gasteiger partial charge in [0.25, 0.3) is 5.56 Å². The van der Waals surface area contributed by atoms with Crippen LogP contribution in [0, 0.1) is 12.3 Å². The highest BCUT2D eigenvalue weighted by atomic mass is 16.5. The summed E-state index contributed by atoms with van der Waals surface area (Å²) >= 11 is 0. The van der Waals surface area contributed by atoms with E-state index in [-0.39, 0.29) is 19.0 Å². The summed E-state index contributed by atoms with van der Waals surface area (Å²) in [7, 11) is 0. The molecule has 8 heteroatoms. The molecule has 1 saturated heterocycles. The third-order valence-corrected chi connectivity index (χ3v) is 3.54. The van der Waals surface area contributed by atoms with Crippen molar-refractivity contribution in [2.45, 2.75) is 24.9 Å². The summed E-state index contributed by atoms with van der Waals surface area (Å²) in [4.78, 5) is 18.4. The van der Waals surface area contributed by atoms with Gasteiger partial charge in [0.15, 0.2) is 5.65 Å². The molecule has 0 amide bonds. The second-order valence-electron chi connectivity index (χ2n) is 4.85. The van der Waals surface area contributed by atoms with Crippen LogP contribution in [0.25, 0.3) is 11.0 Å². The molecule has 0 unspecified atom stereocenters. The van der Waals surface area contributed by atoms with E-state index in [0.717, 1.165) is 0 Å². The van der Waals surface area contributed by atoms with Crippen molar-refractivity contribution in [1.82, 2.24) is 14.5 Å². The quantitative estimate of drug-likeness (QED) is 0.522. The van der Waals surface area contributed by atoms with Crippen molar-refractivity contribution in [3.63, 3.8) is 0 Å². The lowest BCUT2D eigenvalue weighted by molar-refractivity contribution is -0.0432. The smallest absolute Gasteiger partial charge is 0.261 e. The molecule has 3 rings (SSSR count). The fourth-order valence-corrected chi connectivity index (χ4v) is 2.56. The third kappa shape index (κ3) is 2.08. The average molecular weight is 290 g/mol. The Morgan fingerprint density at radius 2 is 2.43 bits per heavy atom. The van der Waals surface area contributed by atoms with Crippen LogP contribution in [-0.4, -0.2) is 43.6 Å². The Kier molecular flexibility index (Phi) is 3.17. The van der Waals surface area contributed by atoms with Gasteiger partial charge in [0.1, 0.15) is 12.3 Å². The van der Waals surface area contributed by atoms with E-state index in [1.807, 2.05) is 0 Å². The fraction of sp³-hybridized carbons (Fsp3) is 0.385. The van der Waals surface area contributed by atoms with E-state index in [1.54, 1.807) is 4.57 Å². The van der Waals surface area contributed by atoms with Gasteiger partial charge < -0.3 is 20.7 Å². The topological polar surface area (TPSA) is 126 Å². The van der Waals surface area contributed by atoms with Crippen LogP contribution in [0.1, 0.15) is 18.3 Å². The maximum Gasteiger partial charge on any atom is 0.261 e. The number of aromatic nitrogens is 3. The van der Waals surface area contributed by atoms with Gasteiger partial charge in [-0.25, -0.2) is 0 Å². The molecule has 5 N–H and O–H groups in total. The monoisotopic (exact) mass is 290 g/mol. The van der Waals surface area contributed by atoms with Crippen LogP contribution in [0.4, 0.5) is 5.95 Å². The molecule has 0 aliphatic carbocycles. The molecule has 21 heavy (non-hydrogen) atoms. The Balaban J connectivity index is 2.18. The van der Waals surface area contributed by atoms with E-state index in [2.05, 4.69) is 15.9 Å². The highest BCUT2D eigenvalue weighted by Crippen LogP contribution is 2.32. The highest BCUT2D eigenvalue weighted by Gasteiger charge is 2.36. The van der Waals surface area contributed by atoms with Crippen molar-refractivity contribution >= 4 is 17.0 Å². The molecule has 0 aromatic carbocycles. The third-order valence-electron chi connectivity index (χ3n) is 3.54. The molecular weight excluding hydrogens is 276 g/mol. The van der Waals surface area contributed by atoms with Crippen LogP contribution in [-0.2, 0) is 4.74 Å². The molecule has 0 saturated carbocycles. The maximum atomic E-state index is 11.9. The van der Waals surface area contributed by atoms with Crippen LogP contribution in [0.3, 0.4) is 0 Å². The fourth-order valence-electron chi connectivity index (χ4n) is 2.56. The minimum Gasteiger partial charge on any atom is -0.394 e. The van der Waals surface area contributed by atoms with Crippen LogP contribution in [0.5, 0.6) is 0 Å². The summed E-state index contributed by atoms with van der Waals surface area (Å²) in [5, 5.41) is 19.3. The molecule has 3 atom stereocenters. The number of H-pyrrole nitrogens is 1. The van der Waals surface area contributed by atoms with Gasteiger partial charge in [-0.2, -0.15) is 4.98 Å². The first kappa shape index (κ1) is 13.6. The standard InChI is InChI=1S/C13H14N4O4/c1-2-6-3-7-11(15-13(14)16-12(7)20)17(6)10-4-8(19)9(5-18)21-10/h1,3,8-10,18-19H,4-5H2,(H3,14,15,16,20)/t8-,9+,10+/m0/s1. The number of terminal acetylenes is 1. The van der Waals surface area contributed by atoms with Crippen molar-refractivity contribution in [1.29, 1.82) is 0 Å². The van der Waals surface area contributed by atoms with Crippen molar-refractivity contribution in [2.75, 3.05) is 12.3 Å². The molecule has 2 aromatic heterocycles. The normalized spacial score (nSPS) is 25.3. The molecule has 3 heterocycles. The second kappa shape index (κ2) is 4.89. The molecule has 0 bridgehead atoms. The Bertz CT molecular complexity index is 788. The number of nitrogens with two attached hydrogens (primary N) is 1. The number of aliphatic hydroxyl groups excluding tert-OH is 2. The number of hydrogen-bond donors (Lipinski definition) is 4. The van der Waals surface area contributed by atoms with Gasteiger partial charge in [0, 0.05) is 6.42 Å². The molecule has 110 valence electrons. The predicted molar refractivity (Wildman–Crippen MR) is 74.3 cm³/mol. The molecule has 1 fully saturated rings. The van der Waals surface area contributed by atoms with Gasteiger partial charge in [0.05, 0.1) is 23.8 Å². The van der Waals surface area contributed by atoms with Crippen molar-refractivity contribution < 1.29 is 14.9 Å². The van der Waals surface area contributed by atoms with Crippen molar-refractivity contribution in [3.05, 3.63) is 22.1 Å². The Hall–Kier alpha value is -2.34. The van der Waals surface area contributed by atoms with E-state index >= 15 is 0 Å². The van der Waals surface area contributed by atoms with Crippen molar-refractivity contribution in [3.8, 4) is 12.3 Å². The summed E-state index contributed by atoms with van der Waals surface area (Å²) in [6, 6.07) is 1.52. The van der Waals surface area contributed by atoms with Crippen LogP contribution >= 0.6 is 0 Å². The first-order valence-electron chi connectivity index (χ1n) is 6.37. The second-order valence-corrected chi connectivity index (χ2v) is 4.85. The Morgan fingerprint density at radius 1 is 1.67 bits per heavy atom. The molecule has 8 nitrogen and oxygen atoms in total. The first-order valence-corrected chi connectivity index (χ1v) is 6.37. The SMILES string of the molecule is C#Cc1cc2c(=O)[nH]c(N)nc2n1[C@H]1C[C@H](O)[C@@H](CO)O1. The minimum atomic E-state index is -0.817. The summed E-state index contributed by atoms with van der Waals surface area (Å²) in [5.41, 5.74) is 5.85. The number of hydrogen-bond acceptors (Lipinski definition) is 6. The van der Waals surface area contributed by atoms with Crippen LogP contribution in [0.15, 0.2) is 10.9 Å². The van der Waals surface area contributed by atoms with E-state index in [4.69, 9.17) is 22.0 Å². The predicted octanol–water partition coefficient (Wildman–Crippen LogP) is -1.07. The summed E-state index contributed by atoms with van der Waals surface area (Å²) in [6.45, 7) is -0.307. The molecule has 2 aromatic rings. The number of aromatic amines is 1. The van der Waals surface area contributed by atoms with Gasteiger partial charge in [-0.3, -0.25) is 14.3 Å². The maximum absolute atomic E-state index is 11.9. The van der Waals surface area contributed by atoms with E-state index in [9.17, 15) is 9.90 Å². The van der Waals surface area contributed by atoms with Crippen LogP contribution < -0.4 is 11.3 Å². The lowest BCUT2D eigenvalue weighted by atomic mass is 10.2. The van der Waals surface area contributed by atoms with Gasteiger partial charge in [-0.15, -0.1) is 6.42 Å².